The van der Waals surface area contributed by atoms with Crippen molar-refractivity contribution in [3.63, 3.8) is 0 Å². The van der Waals surface area contributed by atoms with Gasteiger partial charge in [0.25, 0.3) is 10.0 Å². The Hall–Kier alpha value is -3.27. The van der Waals surface area contributed by atoms with Crippen molar-refractivity contribution in [2.24, 2.45) is 0 Å². The number of nitrogens with one attached hydrogen (secondary N) is 1. The average Bonchev–Trinajstić information content (AvgIpc) is 2.95. The van der Waals surface area contributed by atoms with E-state index in [9.17, 15) is 18.0 Å². The predicted octanol–water partition coefficient (Wildman–Crippen LogP) is 5.53. The third-order valence-electron chi connectivity index (χ3n) is 6.30. The van der Waals surface area contributed by atoms with Gasteiger partial charge in [-0.3, -0.25) is 13.9 Å². The third kappa shape index (κ3) is 7.90. The molecule has 0 heterocycles. The summed E-state index contributed by atoms with van der Waals surface area (Å²) in [7, 11) is -2.74. The second-order valence-corrected chi connectivity index (χ2v) is 11.8. The van der Waals surface area contributed by atoms with E-state index < -0.39 is 28.5 Å². The molecule has 40 heavy (non-hydrogen) atoms. The highest BCUT2D eigenvalue weighted by molar-refractivity contribution is 7.92. The van der Waals surface area contributed by atoms with Crippen molar-refractivity contribution in [2.45, 2.75) is 44.2 Å². The molecule has 2 amide bonds. The monoisotopic (exact) mass is 605 g/mol. The molecule has 0 radical (unpaired) electrons. The van der Waals surface area contributed by atoms with E-state index in [-0.39, 0.29) is 28.1 Å². The van der Waals surface area contributed by atoms with Gasteiger partial charge in [-0.1, -0.05) is 66.9 Å². The van der Waals surface area contributed by atoms with E-state index in [2.05, 4.69) is 5.32 Å². The van der Waals surface area contributed by atoms with Crippen LogP contribution >= 0.6 is 23.2 Å². The molecule has 214 valence electrons. The highest BCUT2D eigenvalue weighted by atomic mass is 35.5. The van der Waals surface area contributed by atoms with Crippen molar-refractivity contribution < 1.29 is 22.7 Å². The van der Waals surface area contributed by atoms with Crippen LogP contribution < -0.4 is 14.4 Å². The van der Waals surface area contributed by atoms with Crippen molar-refractivity contribution in [3.8, 4) is 5.75 Å². The molecule has 0 spiro atoms. The van der Waals surface area contributed by atoms with Gasteiger partial charge < -0.3 is 15.0 Å². The zero-order chi connectivity index (χ0) is 29.3. The summed E-state index contributed by atoms with van der Waals surface area (Å²) in [4.78, 5) is 28.3. The minimum Gasteiger partial charge on any atom is -0.495 e. The molecule has 0 saturated carbocycles. The van der Waals surface area contributed by atoms with Crippen LogP contribution in [0.5, 0.6) is 5.75 Å². The Morgan fingerprint density at radius 2 is 1.68 bits per heavy atom. The number of halogens is 2. The maximum Gasteiger partial charge on any atom is 0.264 e. The first-order valence-corrected chi connectivity index (χ1v) is 15.0. The number of amides is 2. The normalized spacial score (nSPS) is 11.9. The lowest BCUT2D eigenvalue weighted by Crippen LogP contribution is -2.51. The Bertz CT molecular complexity index is 1400. The Balaban J connectivity index is 2.02. The van der Waals surface area contributed by atoms with Gasteiger partial charge >= 0.3 is 0 Å². The summed E-state index contributed by atoms with van der Waals surface area (Å²) >= 11 is 12.4. The summed E-state index contributed by atoms with van der Waals surface area (Å²) in [5, 5.41) is 3.57. The molecule has 0 aliphatic rings. The molecule has 11 heteroatoms. The van der Waals surface area contributed by atoms with Gasteiger partial charge in [0.1, 0.15) is 18.3 Å². The van der Waals surface area contributed by atoms with Gasteiger partial charge in [-0.05, 0) is 61.4 Å². The number of rotatable bonds is 13. The standard InChI is InChI=1S/C29H33Cl2N3O5S/c1-4-5-17-32-29(36)21(2)33(19-22-11-13-23(30)14-12-22)28(35)20-34(24-15-16-27(39-3)26(31)18-24)40(37,38)25-9-7-6-8-10-25/h6-16,18,21H,4-5,17,19-20H2,1-3H3,(H,32,36). The summed E-state index contributed by atoms with van der Waals surface area (Å²) in [6, 6.07) is 18.3. The molecule has 8 nitrogen and oxygen atoms in total. The molecule has 3 aromatic rings. The average molecular weight is 607 g/mol. The van der Waals surface area contributed by atoms with Gasteiger partial charge in [-0.15, -0.1) is 0 Å². The molecule has 1 atom stereocenters. The predicted molar refractivity (Wildman–Crippen MR) is 158 cm³/mol. The van der Waals surface area contributed by atoms with Crippen LogP contribution in [0, 0.1) is 0 Å². The fourth-order valence-corrected chi connectivity index (χ4v) is 5.77. The number of benzene rings is 3. The molecule has 1 N–H and O–H groups in total. The molecule has 3 rings (SSSR count). The smallest absolute Gasteiger partial charge is 0.264 e. The van der Waals surface area contributed by atoms with Crippen molar-refractivity contribution in [2.75, 3.05) is 24.5 Å². The van der Waals surface area contributed by atoms with Crippen LogP contribution in [-0.4, -0.2) is 51.4 Å². The lowest BCUT2D eigenvalue weighted by Gasteiger charge is -2.32. The summed E-state index contributed by atoms with van der Waals surface area (Å²) in [5.74, 6) is -0.546. The van der Waals surface area contributed by atoms with Gasteiger partial charge in [-0.25, -0.2) is 8.42 Å². The molecule has 0 aliphatic heterocycles. The van der Waals surface area contributed by atoms with Crippen LogP contribution in [-0.2, 0) is 26.2 Å². The largest absolute Gasteiger partial charge is 0.495 e. The number of ether oxygens (including phenoxy) is 1. The van der Waals surface area contributed by atoms with Crippen molar-refractivity contribution in [1.82, 2.24) is 10.2 Å². The number of methoxy groups -OCH3 is 1. The maximum atomic E-state index is 13.9. The lowest BCUT2D eigenvalue weighted by molar-refractivity contribution is -0.139. The van der Waals surface area contributed by atoms with Crippen LogP contribution in [0.3, 0.4) is 0 Å². The van der Waals surface area contributed by atoms with Crippen LogP contribution in [0.1, 0.15) is 32.3 Å². The second kappa shape index (κ2) is 14.4. The molecule has 0 saturated heterocycles. The summed E-state index contributed by atoms with van der Waals surface area (Å²) in [6.45, 7) is 3.61. The van der Waals surface area contributed by atoms with E-state index in [0.717, 1.165) is 22.7 Å². The third-order valence-corrected chi connectivity index (χ3v) is 8.63. The van der Waals surface area contributed by atoms with E-state index in [0.29, 0.717) is 17.3 Å². The number of unbranched alkanes of at least 4 members (excludes halogenated alkanes) is 1. The van der Waals surface area contributed by atoms with Crippen molar-refractivity contribution in [1.29, 1.82) is 0 Å². The van der Waals surface area contributed by atoms with Crippen molar-refractivity contribution >= 4 is 50.7 Å². The number of hydrogen-bond donors (Lipinski definition) is 1. The number of carbonyl (C=O) groups is 2. The molecule has 0 fully saturated rings. The molecular weight excluding hydrogens is 573 g/mol. The van der Waals surface area contributed by atoms with E-state index in [4.69, 9.17) is 27.9 Å². The van der Waals surface area contributed by atoms with Crippen molar-refractivity contribution in [3.05, 3.63) is 88.4 Å². The summed E-state index contributed by atoms with van der Waals surface area (Å²) < 4.78 is 33.8. The van der Waals surface area contributed by atoms with Gasteiger partial charge in [0.05, 0.1) is 22.7 Å². The Labute approximate surface area is 245 Å². The maximum absolute atomic E-state index is 13.9. The minimum atomic E-state index is -4.19. The summed E-state index contributed by atoms with van der Waals surface area (Å²) in [5.41, 5.74) is 0.908. The van der Waals surface area contributed by atoms with Crippen LogP contribution in [0.25, 0.3) is 0 Å². The van der Waals surface area contributed by atoms with E-state index >= 15 is 0 Å². The zero-order valence-corrected chi connectivity index (χ0v) is 25.0. The van der Waals surface area contributed by atoms with E-state index in [1.165, 1.54) is 42.3 Å². The van der Waals surface area contributed by atoms with Gasteiger partial charge in [0.15, 0.2) is 0 Å². The number of sulfonamides is 1. The Kier molecular flexibility index (Phi) is 11.2. The molecular formula is C29H33Cl2N3O5S. The first-order chi connectivity index (χ1) is 19.1. The highest BCUT2D eigenvalue weighted by Crippen LogP contribution is 2.32. The van der Waals surface area contributed by atoms with Crippen LogP contribution in [0.4, 0.5) is 5.69 Å². The van der Waals surface area contributed by atoms with Gasteiger partial charge in [0, 0.05) is 18.1 Å². The second-order valence-electron chi connectivity index (χ2n) is 9.11. The number of nitrogens with zero attached hydrogens (tertiary/aromatic N) is 2. The first-order valence-electron chi connectivity index (χ1n) is 12.8. The van der Waals surface area contributed by atoms with E-state index in [1.807, 2.05) is 6.92 Å². The van der Waals surface area contributed by atoms with Crippen LogP contribution in [0.2, 0.25) is 10.0 Å². The fraction of sp³-hybridized carbons (Fsp3) is 0.310. The number of anilines is 1. The number of carbonyl (C=O) groups excluding carboxylic acids is 2. The first kappa shape index (κ1) is 31.3. The highest BCUT2D eigenvalue weighted by Gasteiger charge is 2.32. The molecule has 3 aromatic carbocycles. The SMILES string of the molecule is CCCCNC(=O)C(C)N(Cc1ccc(Cl)cc1)C(=O)CN(c1ccc(OC)c(Cl)c1)S(=O)(=O)c1ccccc1. The molecule has 0 aromatic heterocycles. The van der Waals surface area contributed by atoms with E-state index in [1.54, 1.807) is 49.4 Å². The Morgan fingerprint density at radius 1 is 1.00 bits per heavy atom. The van der Waals surface area contributed by atoms with Gasteiger partial charge in [0.2, 0.25) is 11.8 Å². The van der Waals surface area contributed by atoms with Crippen LogP contribution in [0.15, 0.2) is 77.7 Å². The van der Waals surface area contributed by atoms with Gasteiger partial charge in [-0.2, -0.15) is 0 Å². The quantitative estimate of drug-likeness (QED) is 0.258. The minimum absolute atomic E-state index is 0.00403. The lowest BCUT2D eigenvalue weighted by atomic mass is 10.1. The number of hydrogen-bond acceptors (Lipinski definition) is 5. The fourth-order valence-electron chi connectivity index (χ4n) is 3.96. The molecule has 0 aliphatic carbocycles. The summed E-state index contributed by atoms with van der Waals surface area (Å²) in [6.07, 6.45) is 1.70. The molecule has 1 unspecified atom stereocenters. The zero-order valence-electron chi connectivity index (χ0n) is 22.6. The Morgan fingerprint density at radius 3 is 2.27 bits per heavy atom. The molecule has 0 bridgehead atoms. The topological polar surface area (TPSA) is 96.0 Å².